The number of aryl methyl sites for hydroxylation is 1. The Kier molecular flexibility index (Phi) is 5.22. The maximum atomic E-state index is 12.7. The molecule has 1 atom stereocenters. The average molecular weight is 487 g/mol. The first-order valence-electron chi connectivity index (χ1n) is 8.76. The fraction of sp³-hybridized carbons (Fsp3) is 0.263. The second-order valence-corrected chi connectivity index (χ2v) is 7.93. The number of imidazole rings is 1. The summed E-state index contributed by atoms with van der Waals surface area (Å²) >= 11 is 8.22. The standard InChI is InChI=1S/C19H15BrClF2N3O3/c20-13-8-10(9-14-16(13)26-7-1-2-15(27)17(26)25-14)18(28)24-11-3-5-12(6-4-11)29-19(21,22)23/h3-6,8-9,15,27H,1-2,7H2,(H,24,28)/t15-/m1/s1. The molecule has 1 aliphatic heterocycles. The van der Waals surface area contributed by atoms with Gasteiger partial charge in [0.25, 0.3) is 5.91 Å². The zero-order chi connectivity index (χ0) is 20.8. The summed E-state index contributed by atoms with van der Waals surface area (Å²) in [6.07, 6.45) is 0.884. The van der Waals surface area contributed by atoms with Crippen LogP contribution in [-0.2, 0) is 6.54 Å². The van der Waals surface area contributed by atoms with Crippen LogP contribution in [0, 0.1) is 0 Å². The number of benzene rings is 2. The lowest BCUT2D eigenvalue weighted by Crippen LogP contribution is -2.16. The third-order valence-electron chi connectivity index (χ3n) is 4.59. The van der Waals surface area contributed by atoms with Gasteiger partial charge in [0.15, 0.2) is 0 Å². The van der Waals surface area contributed by atoms with Gasteiger partial charge < -0.3 is 19.7 Å². The van der Waals surface area contributed by atoms with Crippen molar-refractivity contribution in [2.45, 2.75) is 31.1 Å². The van der Waals surface area contributed by atoms with Crippen LogP contribution in [0.2, 0.25) is 0 Å². The molecule has 152 valence electrons. The van der Waals surface area contributed by atoms with Gasteiger partial charge in [0.2, 0.25) is 0 Å². The van der Waals surface area contributed by atoms with Crippen molar-refractivity contribution in [3.8, 4) is 5.75 Å². The lowest BCUT2D eigenvalue weighted by Gasteiger charge is -2.19. The summed E-state index contributed by atoms with van der Waals surface area (Å²) < 4.78 is 32.2. The summed E-state index contributed by atoms with van der Waals surface area (Å²) in [6.45, 7) is 0.753. The van der Waals surface area contributed by atoms with Crippen LogP contribution < -0.4 is 10.1 Å². The van der Waals surface area contributed by atoms with Crippen LogP contribution in [0.5, 0.6) is 5.75 Å². The van der Waals surface area contributed by atoms with Gasteiger partial charge in [-0.05, 0) is 65.2 Å². The molecule has 29 heavy (non-hydrogen) atoms. The monoisotopic (exact) mass is 485 g/mol. The Morgan fingerprint density at radius 3 is 2.76 bits per heavy atom. The second kappa shape index (κ2) is 7.55. The van der Waals surface area contributed by atoms with Crippen LogP contribution in [0.25, 0.3) is 11.0 Å². The van der Waals surface area contributed by atoms with Crippen molar-refractivity contribution in [2.24, 2.45) is 0 Å². The van der Waals surface area contributed by atoms with Crippen LogP contribution in [0.1, 0.15) is 35.1 Å². The molecule has 10 heteroatoms. The lowest BCUT2D eigenvalue weighted by atomic mass is 10.1. The molecule has 0 spiro atoms. The van der Waals surface area contributed by atoms with Crippen LogP contribution >= 0.6 is 27.5 Å². The van der Waals surface area contributed by atoms with Crippen LogP contribution in [0.15, 0.2) is 40.9 Å². The number of aromatic nitrogens is 2. The number of hydrogen-bond donors (Lipinski definition) is 2. The molecule has 2 aromatic carbocycles. The molecule has 1 aliphatic rings. The quantitative estimate of drug-likeness (QED) is 0.506. The predicted octanol–water partition coefficient (Wildman–Crippen LogP) is 5.05. The van der Waals surface area contributed by atoms with Crippen molar-refractivity contribution in [3.63, 3.8) is 0 Å². The Morgan fingerprint density at radius 1 is 1.34 bits per heavy atom. The normalized spacial score (nSPS) is 16.5. The van der Waals surface area contributed by atoms with Crippen molar-refractivity contribution >= 4 is 50.2 Å². The number of halogens is 4. The summed E-state index contributed by atoms with van der Waals surface area (Å²) in [5, 5.41) is 12.9. The predicted molar refractivity (Wildman–Crippen MR) is 107 cm³/mol. The molecule has 1 aromatic heterocycles. The average Bonchev–Trinajstić information content (AvgIpc) is 3.02. The van der Waals surface area contributed by atoms with E-state index in [1.807, 2.05) is 4.57 Å². The highest BCUT2D eigenvalue weighted by Crippen LogP contribution is 2.33. The van der Waals surface area contributed by atoms with Crippen molar-refractivity contribution < 1.29 is 23.4 Å². The maximum Gasteiger partial charge on any atom is 0.487 e. The van der Waals surface area contributed by atoms with Crippen molar-refractivity contribution in [1.29, 1.82) is 0 Å². The van der Waals surface area contributed by atoms with Gasteiger partial charge in [0, 0.05) is 33.9 Å². The molecule has 0 saturated heterocycles. The second-order valence-electron chi connectivity index (χ2n) is 6.63. The van der Waals surface area contributed by atoms with E-state index in [1.54, 1.807) is 12.1 Å². The topological polar surface area (TPSA) is 76.4 Å². The zero-order valence-electron chi connectivity index (χ0n) is 14.8. The Balaban J connectivity index is 1.57. The number of hydrogen-bond acceptors (Lipinski definition) is 4. The molecular formula is C19H15BrClF2N3O3. The summed E-state index contributed by atoms with van der Waals surface area (Å²) in [6, 6.07) is 8.73. The number of aliphatic hydroxyl groups excluding tert-OH is 1. The number of nitrogens with zero attached hydrogens (tertiary/aromatic N) is 2. The van der Waals surface area contributed by atoms with Crippen LogP contribution in [0.4, 0.5) is 14.5 Å². The number of carbonyl (C=O) groups excluding carboxylic acids is 1. The molecule has 0 fully saturated rings. The lowest BCUT2D eigenvalue weighted by molar-refractivity contribution is -0.0964. The van der Waals surface area contributed by atoms with Gasteiger partial charge in [-0.15, -0.1) is 8.78 Å². The largest absolute Gasteiger partial charge is 0.487 e. The van der Waals surface area contributed by atoms with Crippen LogP contribution in [0.3, 0.4) is 0 Å². The first kappa shape index (κ1) is 20.1. The van der Waals surface area contributed by atoms with E-state index in [2.05, 4.69) is 31.0 Å². The van der Waals surface area contributed by atoms with E-state index in [4.69, 9.17) is 11.6 Å². The number of fused-ring (bicyclic) bond motifs is 3. The number of nitrogens with one attached hydrogen (secondary N) is 1. The fourth-order valence-electron chi connectivity index (χ4n) is 3.36. The van der Waals surface area contributed by atoms with Gasteiger partial charge in [-0.3, -0.25) is 4.79 Å². The highest BCUT2D eigenvalue weighted by atomic mass is 79.9. The third kappa shape index (κ3) is 4.22. The molecule has 0 unspecified atom stereocenters. The Hall–Kier alpha value is -2.23. The number of ether oxygens (including phenoxy) is 1. The molecule has 2 N–H and O–H groups in total. The Bertz CT molecular complexity index is 1080. The number of carbonyl (C=O) groups is 1. The number of amides is 1. The Labute approximate surface area is 177 Å². The van der Waals surface area contributed by atoms with E-state index in [0.29, 0.717) is 33.5 Å². The highest BCUT2D eigenvalue weighted by Gasteiger charge is 2.27. The number of alkyl halides is 3. The number of anilines is 1. The Morgan fingerprint density at radius 2 is 2.07 bits per heavy atom. The molecule has 6 nitrogen and oxygen atoms in total. The number of rotatable bonds is 4. The number of aliphatic hydroxyl groups is 1. The molecule has 2 heterocycles. The summed E-state index contributed by atoms with van der Waals surface area (Å²) in [5.41, 5.74) is -1.60. The van der Waals surface area contributed by atoms with Crippen molar-refractivity contribution in [2.75, 3.05) is 5.32 Å². The SMILES string of the molecule is O=C(Nc1ccc(OC(F)(F)Cl)cc1)c1cc(Br)c2c(c1)nc1n2CCC[C@H]1O. The first-order chi connectivity index (χ1) is 13.7. The van der Waals surface area contributed by atoms with Crippen LogP contribution in [-0.4, -0.2) is 26.1 Å². The van der Waals surface area contributed by atoms with E-state index in [9.17, 15) is 18.7 Å². The van der Waals surface area contributed by atoms with E-state index < -0.39 is 17.6 Å². The summed E-state index contributed by atoms with van der Waals surface area (Å²) in [7, 11) is 0. The minimum atomic E-state index is -3.80. The molecular weight excluding hydrogens is 472 g/mol. The van der Waals surface area contributed by atoms with E-state index in [0.717, 1.165) is 18.5 Å². The molecule has 0 aliphatic carbocycles. The van der Waals surface area contributed by atoms with Gasteiger partial charge in [-0.25, -0.2) is 4.98 Å². The minimum Gasteiger partial charge on any atom is -0.420 e. The summed E-state index contributed by atoms with van der Waals surface area (Å²) in [4.78, 5) is 17.1. The fourth-order valence-corrected chi connectivity index (χ4v) is 4.12. The summed E-state index contributed by atoms with van der Waals surface area (Å²) in [5.74, 6) is 0.0703. The van der Waals surface area contributed by atoms with Gasteiger partial charge in [-0.2, -0.15) is 0 Å². The molecule has 0 saturated carbocycles. The molecule has 0 bridgehead atoms. The smallest absolute Gasteiger partial charge is 0.420 e. The van der Waals surface area contributed by atoms with Crippen molar-refractivity contribution in [1.82, 2.24) is 9.55 Å². The molecule has 0 radical (unpaired) electrons. The third-order valence-corrected chi connectivity index (χ3v) is 5.27. The first-order valence-corrected chi connectivity index (χ1v) is 9.93. The molecule has 3 aromatic rings. The van der Waals surface area contributed by atoms with Gasteiger partial charge in [0.1, 0.15) is 17.7 Å². The van der Waals surface area contributed by atoms with E-state index in [-0.39, 0.29) is 5.75 Å². The van der Waals surface area contributed by atoms with Gasteiger partial charge >= 0.3 is 5.57 Å². The van der Waals surface area contributed by atoms with Gasteiger partial charge in [-0.1, -0.05) is 0 Å². The van der Waals surface area contributed by atoms with Crippen molar-refractivity contribution in [3.05, 3.63) is 52.3 Å². The highest BCUT2D eigenvalue weighted by molar-refractivity contribution is 9.10. The molecule has 1 amide bonds. The molecule has 4 rings (SSSR count). The van der Waals surface area contributed by atoms with E-state index in [1.165, 1.54) is 24.3 Å². The van der Waals surface area contributed by atoms with E-state index >= 15 is 0 Å². The zero-order valence-corrected chi connectivity index (χ0v) is 17.2. The van der Waals surface area contributed by atoms with Gasteiger partial charge in [0.05, 0.1) is 11.0 Å². The minimum absolute atomic E-state index is 0.130. The maximum absolute atomic E-state index is 12.7.